The van der Waals surface area contributed by atoms with E-state index < -0.39 is 74.2 Å². The summed E-state index contributed by atoms with van der Waals surface area (Å²) in [4.78, 5) is 81.8. The van der Waals surface area contributed by atoms with Crippen molar-refractivity contribution >= 4 is 79.4 Å². The van der Waals surface area contributed by atoms with Crippen LogP contribution in [0.5, 0.6) is 0 Å². The van der Waals surface area contributed by atoms with E-state index in [2.05, 4.69) is 25.5 Å². The Hall–Kier alpha value is -3.73. The molecule has 2 atom stereocenters. The number of halogens is 1. The van der Waals surface area contributed by atoms with Crippen molar-refractivity contribution in [3.63, 3.8) is 0 Å². The average molecular weight is 713 g/mol. The molecular weight excluding hydrogens is 691 g/mol. The number of nitrogens with one attached hydrogen (secondary N) is 2. The number of aromatic nitrogens is 1. The van der Waals surface area contributed by atoms with Gasteiger partial charge < -0.3 is 29.5 Å². The summed E-state index contributed by atoms with van der Waals surface area (Å²) in [5, 5.41) is 20.1. The number of methoxy groups -OCH3 is 1. The van der Waals surface area contributed by atoms with Gasteiger partial charge in [0.1, 0.15) is 24.2 Å². The fraction of sp³-hybridized carbons (Fsp3) is 0.348. The second kappa shape index (κ2) is 15.7. The van der Waals surface area contributed by atoms with Gasteiger partial charge in [0.05, 0.1) is 12.0 Å². The van der Waals surface area contributed by atoms with Crippen molar-refractivity contribution in [2.24, 2.45) is 5.16 Å². The molecule has 23 heteroatoms. The molecule has 1 aromatic carbocycles. The number of thiazole rings is 1. The van der Waals surface area contributed by atoms with Crippen LogP contribution in [0.25, 0.3) is 0 Å². The summed E-state index contributed by atoms with van der Waals surface area (Å²) in [7, 11) is -4.60. The van der Waals surface area contributed by atoms with Crippen LogP contribution in [0.1, 0.15) is 25.1 Å². The number of anilines is 1. The molecule has 0 saturated carbocycles. The van der Waals surface area contributed by atoms with E-state index in [1.807, 2.05) is 0 Å². The zero-order valence-corrected chi connectivity index (χ0v) is 28.6. The Balaban J connectivity index is 0.00000736. The first-order valence-corrected chi connectivity index (χ1v) is 14.9. The zero-order valence-electron chi connectivity index (χ0n) is 24.2. The summed E-state index contributed by atoms with van der Waals surface area (Å²) in [6.07, 6.45) is 0. The standard InChI is InChI=1S/C23H23ClN6O13S2.Na/c1-23(2,21(35)42-9-11-4-6-12(7-5-11)30(36)37)43-28-15(13-10-44-22(25-13)26-14(31)8-24)18(32)27-16-17(20(34)41-3)29(19(16)33)45(38,39)40;/h4-7,10,16-17H,8-9H2,1-3H3,(H,27,32)(H,25,26,31)(H,38,39,40);/q;+1/p-1/b28-15-;/t16-,17+;/m1./s1. The van der Waals surface area contributed by atoms with E-state index in [0.29, 0.717) is 5.56 Å². The SMILES string of the molecule is COC(=O)[C@@H]1[C@@H](NC(=O)/C(=N\OC(C)(C)C(=O)OCc2ccc([N+](=O)[O-])cc2)c2csc(NC(=O)CCl)n2)C(=O)N1S(=O)(=O)[O-].[Na+]. The fourth-order valence-electron chi connectivity index (χ4n) is 3.45. The molecule has 3 amide bonds. The number of amides is 3. The summed E-state index contributed by atoms with van der Waals surface area (Å²) in [6.45, 7) is 2.13. The Labute approximate surface area is 290 Å². The molecule has 46 heavy (non-hydrogen) atoms. The number of ether oxygens (including phenoxy) is 2. The maximum Gasteiger partial charge on any atom is 1.00 e. The first-order chi connectivity index (χ1) is 21.0. The molecule has 0 radical (unpaired) electrons. The van der Waals surface area contributed by atoms with E-state index in [1.54, 1.807) is 0 Å². The topological polar surface area (TPSA) is 266 Å². The van der Waals surface area contributed by atoms with Crippen molar-refractivity contribution in [2.45, 2.75) is 38.1 Å². The van der Waals surface area contributed by atoms with Crippen LogP contribution in [-0.4, -0.2) is 93.2 Å². The summed E-state index contributed by atoms with van der Waals surface area (Å²) in [5.74, 6) is -6.11. The molecule has 0 aliphatic carbocycles. The van der Waals surface area contributed by atoms with Gasteiger partial charge in [0.25, 0.3) is 17.5 Å². The molecule has 1 aromatic heterocycles. The summed E-state index contributed by atoms with van der Waals surface area (Å²) >= 11 is 6.29. The summed E-state index contributed by atoms with van der Waals surface area (Å²) < 4.78 is 43.8. The van der Waals surface area contributed by atoms with Crippen molar-refractivity contribution in [2.75, 3.05) is 18.3 Å². The van der Waals surface area contributed by atoms with Crippen LogP contribution in [0.4, 0.5) is 10.8 Å². The number of non-ortho nitro benzene ring substituents is 1. The molecule has 2 N–H and O–H groups in total. The molecule has 2 aromatic rings. The van der Waals surface area contributed by atoms with Crippen LogP contribution in [0.3, 0.4) is 0 Å². The van der Waals surface area contributed by atoms with Crippen LogP contribution < -0.4 is 40.2 Å². The van der Waals surface area contributed by atoms with Gasteiger partial charge in [-0.05, 0) is 31.5 Å². The van der Waals surface area contributed by atoms with Crippen LogP contribution in [0, 0.1) is 10.1 Å². The molecule has 1 aliphatic rings. The molecule has 19 nitrogen and oxygen atoms in total. The third-order valence-corrected chi connectivity index (χ3v) is 7.61. The molecule has 242 valence electrons. The minimum Gasteiger partial charge on any atom is -0.731 e. The third kappa shape index (κ3) is 9.18. The normalized spacial score (nSPS) is 16.3. The van der Waals surface area contributed by atoms with Gasteiger partial charge in [-0.2, -0.15) is 0 Å². The molecule has 1 aliphatic heterocycles. The molecule has 1 saturated heterocycles. The number of carbonyl (C=O) groups excluding carboxylic acids is 5. The van der Waals surface area contributed by atoms with Gasteiger partial charge in [-0.3, -0.25) is 24.5 Å². The maximum atomic E-state index is 13.3. The number of hydrogen-bond acceptors (Lipinski definition) is 16. The number of alkyl halides is 1. The van der Waals surface area contributed by atoms with E-state index in [4.69, 9.17) is 21.2 Å². The monoisotopic (exact) mass is 712 g/mol. The Morgan fingerprint density at radius 3 is 2.39 bits per heavy atom. The molecule has 1 fully saturated rings. The number of nitrogens with zero attached hydrogens (tertiary/aromatic N) is 4. The number of hydrogen-bond donors (Lipinski definition) is 2. The molecule has 0 bridgehead atoms. The van der Waals surface area contributed by atoms with Gasteiger partial charge >= 0.3 is 41.5 Å². The number of oxime groups is 1. The van der Waals surface area contributed by atoms with Crippen molar-refractivity contribution < 1.29 is 85.7 Å². The molecule has 0 spiro atoms. The fourth-order valence-corrected chi connectivity index (χ4v) is 5.04. The Kier molecular flexibility index (Phi) is 13.1. The number of benzene rings is 1. The van der Waals surface area contributed by atoms with E-state index in [-0.39, 0.29) is 57.0 Å². The van der Waals surface area contributed by atoms with Gasteiger partial charge in [-0.15, -0.1) is 22.9 Å². The van der Waals surface area contributed by atoms with Crippen molar-refractivity contribution in [1.29, 1.82) is 0 Å². The van der Waals surface area contributed by atoms with Crippen LogP contribution >= 0.6 is 22.9 Å². The first kappa shape index (κ1) is 38.5. The van der Waals surface area contributed by atoms with Crippen LogP contribution in [-0.2, 0) is 55.2 Å². The number of rotatable bonds is 13. The smallest absolute Gasteiger partial charge is 0.731 e. The Morgan fingerprint density at radius 1 is 1.22 bits per heavy atom. The molecule has 0 unspecified atom stereocenters. The minimum atomic E-state index is -5.46. The van der Waals surface area contributed by atoms with Crippen molar-refractivity contribution in [3.05, 3.63) is 51.0 Å². The predicted molar refractivity (Wildman–Crippen MR) is 150 cm³/mol. The number of nitro benzene ring substituents is 1. The number of esters is 2. The zero-order chi connectivity index (χ0) is 33.7. The Morgan fingerprint density at radius 2 is 1.85 bits per heavy atom. The van der Waals surface area contributed by atoms with E-state index >= 15 is 0 Å². The second-order valence-electron chi connectivity index (χ2n) is 9.27. The van der Waals surface area contributed by atoms with Crippen LogP contribution in [0.15, 0.2) is 34.8 Å². The number of nitro groups is 1. The van der Waals surface area contributed by atoms with Gasteiger partial charge in [0, 0.05) is 17.5 Å². The molecule has 2 heterocycles. The largest absolute Gasteiger partial charge is 1.00 e. The third-order valence-electron chi connectivity index (χ3n) is 5.73. The van der Waals surface area contributed by atoms with E-state index in [1.165, 1.54) is 43.5 Å². The molecular formula is C23H22ClN6NaO13S2. The quantitative estimate of drug-likeness (QED) is 0.0303. The first-order valence-electron chi connectivity index (χ1n) is 12.2. The minimum absolute atomic E-state index is 0. The predicted octanol–water partition coefficient (Wildman–Crippen LogP) is -3.20. The van der Waals surface area contributed by atoms with Crippen LogP contribution in [0.2, 0.25) is 0 Å². The van der Waals surface area contributed by atoms with Gasteiger partial charge in [-0.1, -0.05) is 5.16 Å². The average Bonchev–Trinajstić information content (AvgIpc) is 3.43. The second-order valence-corrected chi connectivity index (χ2v) is 11.6. The van der Waals surface area contributed by atoms with Crippen molar-refractivity contribution in [3.8, 4) is 0 Å². The maximum absolute atomic E-state index is 13.3. The van der Waals surface area contributed by atoms with E-state index in [0.717, 1.165) is 18.4 Å². The summed E-state index contributed by atoms with van der Waals surface area (Å²) in [6, 6.07) is 1.24. The van der Waals surface area contributed by atoms with Gasteiger partial charge in [-0.25, -0.2) is 27.3 Å². The van der Waals surface area contributed by atoms with E-state index in [9.17, 15) is 47.1 Å². The Bertz CT molecular complexity index is 1670. The summed E-state index contributed by atoms with van der Waals surface area (Å²) in [5.41, 5.74) is -2.64. The van der Waals surface area contributed by atoms with Gasteiger partial charge in [0.15, 0.2) is 27.2 Å². The van der Waals surface area contributed by atoms with Gasteiger partial charge in [0.2, 0.25) is 11.5 Å². The number of β-lactam (4-membered cyclic amide) rings is 1. The number of carbonyl (C=O) groups is 5. The molecule has 3 rings (SSSR count). The van der Waals surface area contributed by atoms with Crippen molar-refractivity contribution in [1.82, 2.24) is 14.6 Å².